The average molecular weight is 425 g/mol. The molecule has 3 aromatic rings. The van der Waals surface area contributed by atoms with E-state index in [1.54, 1.807) is 24.3 Å². The van der Waals surface area contributed by atoms with Crippen LogP contribution < -0.4 is 18.9 Å². The quantitative estimate of drug-likeness (QED) is 0.548. The molecule has 0 amide bonds. The molecule has 0 atom stereocenters. The van der Waals surface area contributed by atoms with E-state index >= 15 is 0 Å². The molecule has 31 heavy (non-hydrogen) atoms. The van der Waals surface area contributed by atoms with Gasteiger partial charge in [0.05, 0.1) is 14.2 Å². The fourth-order valence-corrected chi connectivity index (χ4v) is 3.26. The molecule has 1 aliphatic heterocycles. The van der Waals surface area contributed by atoms with Crippen molar-refractivity contribution in [2.24, 2.45) is 0 Å². The van der Waals surface area contributed by atoms with E-state index in [1.165, 1.54) is 32.6 Å². The number of nitrogens with zero attached hydrogens (tertiary/aromatic N) is 1. The highest BCUT2D eigenvalue weighted by molar-refractivity contribution is 5.94. The van der Waals surface area contributed by atoms with E-state index in [-0.39, 0.29) is 24.5 Å². The van der Waals surface area contributed by atoms with Gasteiger partial charge in [-0.1, -0.05) is 5.16 Å². The lowest BCUT2D eigenvalue weighted by Crippen LogP contribution is -2.05. The second-order valence-electron chi connectivity index (χ2n) is 6.67. The van der Waals surface area contributed by atoms with Crippen LogP contribution in [-0.2, 0) is 11.2 Å². The molecule has 4 rings (SSSR count). The summed E-state index contributed by atoms with van der Waals surface area (Å²) in [5.41, 5.74) is 1.76. The summed E-state index contributed by atoms with van der Waals surface area (Å²) in [5, 5.41) is 24.0. The van der Waals surface area contributed by atoms with Crippen LogP contribution >= 0.6 is 0 Å². The minimum atomic E-state index is -1.12. The molecule has 1 aromatic heterocycles. The van der Waals surface area contributed by atoms with Gasteiger partial charge in [0, 0.05) is 40.8 Å². The van der Waals surface area contributed by atoms with Gasteiger partial charge in [0.2, 0.25) is 6.79 Å². The number of aromatic hydroxyl groups is 1. The van der Waals surface area contributed by atoms with Crippen molar-refractivity contribution >= 4 is 12.0 Å². The maximum absolute atomic E-state index is 12.0. The average Bonchev–Trinajstić information content (AvgIpc) is 3.41. The number of methoxy groups -OCH3 is 2. The Bertz CT molecular complexity index is 1160. The predicted molar refractivity (Wildman–Crippen MR) is 109 cm³/mol. The number of benzene rings is 2. The second kappa shape index (κ2) is 8.31. The maximum Gasteiger partial charge on any atom is 0.331 e. The van der Waals surface area contributed by atoms with Crippen LogP contribution in [0.3, 0.4) is 0 Å². The molecule has 0 saturated heterocycles. The third-order valence-corrected chi connectivity index (χ3v) is 4.82. The van der Waals surface area contributed by atoms with Gasteiger partial charge in [0.25, 0.3) is 0 Å². The van der Waals surface area contributed by atoms with E-state index < -0.39 is 5.97 Å². The standard InChI is InChI=1S/C22H19NO8/c1-27-15-3-4-16(17(24)8-15)21-14(10-31-23-21)6-13(22(25)26)5-12-7-19-20(30-11-29-19)9-18(12)28-2/h3-4,6-10,24H,5,11H2,1-2H3,(H,25,26). The van der Waals surface area contributed by atoms with Crippen molar-refractivity contribution in [2.45, 2.75) is 6.42 Å². The zero-order valence-electron chi connectivity index (χ0n) is 16.7. The van der Waals surface area contributed by atoms with Crippen molar-refractivity contribution in [1.29, 1.82) is 0 Å². The highest BCUT2D eigenvalue weighted by Gasteiger charge is 2.21. The van der Waals surface area contributed by atoms with Crippen molar-refractivity contribution in [1.82, 2.24) is 5.16 Å². The topological polar surface area (TPSA) is 120 Å². The molecule has 2 aromatic carbocycles. The molecule has 0 aliphatic carbocycles. The van der Waals surface area contributed by atoms with Crippen LogP contribution in [0.1, 0.15) is 11.1 Å². The Morgan fingerprint density at radius 2 is 1.94 bits per heavy atom. The predicted octanol–water partition coefficient (Wildman–Crippen LogP) is 3.50. The lowest BCUT2D eigenvalue weighted by atomic mass is 9.99. The van der Waals surface area contributed by atoms with Gasteiger partial charge < -0.3 is 33.7 Å². The summed E-state index contributed by atoms with van der Waals surface area (Å²) in [4.78, 5) is 12.0. The van der Waals surface area contributed by atoms with Crippen LogP contribution in [0, 0.1) is 0 Å². The number of carboxylic acid groups (broad SMARTS) is 1. The number of rotatable bonds is 7. The Morgan fingerprint density at radius 1 is 1.16 bits per heavy atom. The molecular formula is C22H19NO8. The number of aliphatic carboxylic acids is 1. The van der Waals surface area contributed by atoms with Crippen LogP contribution in [-0.4, -0.2) is 42.4 Å². The van der Waals surface area contributed by atoms with Crippen molar-refractivity contribution in [3.05, 3.63) is 53.3 Å². The number of fused-ring (bicyclic) bond motifs is 1. The summed E-state index contributed by atoms with van der Waals surface area (Å²) in [7, 11) is 2.98. The molecule has 0 fully saturated rings. The zero-order valence-corrected chi connectivity index (χ0v) is 16.7. The Balaban J connectivity index is 1.71. The molecule has 160 valence electrons. The number of aromatic nitrogens is 1. The van der Waals surface area contributed by atoms with Crippen LogP contribution in [0.5, 0.6) is 28.7 Å². The molecular weight excluding hydrogens is 406 g/mol. The van der Waals surface area contributed by atoms with Gasteiger partial charge in [-0.05, 0) is 24.3 Å². The monoisotopic (exact) mass is 425 g/mol. The molecule has 2 N–H and O–H groups in total. The van der Waals surface area contributed by atoms with Gasteiger partial charge in [-0.2, -0.15) is 0 Å². The minimum absolute atomic E-state index is 0.0500. The first-order valence-electron chi connectivity index (χ1n) is 9.22. The lowest BCUT2D eigenvalue weighted by Gasteiger charge is -2.10. The highest BCUT2D eigenvalue weighted by atomic mass is 16.7. The summed E-state index contributed by atoms with van der Waals surface area (Å²) in [5.74, 6) is 0.827. The van der Waals surface area contributed by atoms with Crippen molar-refractivity contribution in [3.8, 4) is 40.0 Å². The number of phenolic OH excluding ortho intramolecular Hbond substituents is 1. The largest absolute Gasteiger partial charge is 0.507 e. The summed E-state index contributed by atoms with van der Waals surface area (Å²) in [6.07, 6.45) is 2.81. The van der Waals surface area contributed by atoms with Crippen LogP contribution in [0.2, 0.25) is 0 Å². The van der Waals surface area contributed by atoms with Gasteiger partial charge in [0.15, 0.2) is 11.5 Å². The maximum atomic E-state index is 12.0. The van der Waals surface area contributed by atoms with Crippen LogP contribution in [0.15, 0.2) is 46.7 Å². The number of hydrogen-bond donors (Lipinski definition) is 2. The van der Waals surface area contributed by atoms with E-state index in [0.29, 0.717) is 45.4 Å². The van der Waals surface area contributed by atoms with E-state index in [9.17, 15) is 15.0 Å². The zero-order chi connectivity index (χ0) is 22.0. The molecule has 0 unspecified atom stereocenters. The molecule has 0 spiro atoms. The molecule has 1 aliphatic rings. The molecule has 2 heterocycles. The number of ether oxygens (including phenoxy) is 4. The lowest BCUT2D eigenvalue weighted by molar-refractivity contribution is -0.132. The van der Waals surface area contributed by atoms with Gasteiger partial charge in [0.1, 0.15) is 29.2 Å². The first-order valence-corrected chi connectivity index (χ1v) is 9.22. The molecule has 0 radical (unpaired) electrons. The molecule has 9 nitrogen and oxygen atoms in total. The number of carboxylic acids is 1. The molecule has 9 heteroatoms. The van der Waals surface area contributed by atoms with Gasteiger partial charge in [-0.15, -0.1) is 0 Å². The van der Waals surface area contributed by atoms with E-state index in [0.717, 1.165) is 0 Å². The number of hydrogen-bond acceptors (Lipinski definition) is 8. The van der Waals surface area contributed by atoms with Gasteiger partial charge >= 0.3 is 5.97 Å². The first kappa shape index (κ1) is 20.1. The van der Waals surface area contributed by atoms with Crippen molar-refractivity contribution in [2.75, 3.05) is 21.0 Å². The van der Waals surface area contributed by atoms with Crippen LogP contribution in [0.4, 0.5) is 0 Å². The molecule has 0 saturated carbocycles. The van der Waals surface area contributed by atoms with E-state index in [1.807, 2.05) is 0 Å². The summed E-state index contributed by atoms with van der Waals surface area (Å²) >= 11 is 0. The Labute approximate surface area is 177 Å². The van der Waals surface area contributed by atoms with E-state index in [4.69, 9.17) is 23.5 Å². The fourth-order valence-electron chi connectivity index (χ4n) is 3.26. The smallest absolute Gasteiger partial charge is 0.331 e. The summed E-state index contributed by atoms with van der Waals surface area (Å²) < 4.78 is 26.3. The van der Waals surface area contributed by atoms with Crippen molar-refractivity contribution < 1.29 is 38.5 Å². The van der Waals surface area contributed by atoms with Gasteiger partial charge in [-0.3, -0.25) is 0 Å². The number of carbonyl (C=O) groups is 1. The minimum Gasteiger partial charge on any atom is -0.507 e. The SMILES string of the molecule is COc1ccc(-c2nocc2C=C(Cc2cc3c(cc2OC)OCO3)C(=O)O)c(O)c1. The van der Waals surface area contributed by atoms with Crippen LogP contribution in [0.25, 0.3) is 17.3 Å². The summed E-state index contributed by atoms with van der Waals surface area (Å²) in [6.45, 7) is 0.0962. The Kier molecular flexibility index (Phi) is 5.40. The normalized spacial score (nSPS) is 12.6. The fraction of sp³-hybridized carbons (Fsp3) is 0.182. The Hall–Kier alpha value is -4.14. The van der Waals surface area contributed by atoms with Gasteiger partial charge in [-0.25, -0.2) is 4.79 Å². The van der Waals surface area contributed by atoms with Crippen molar-refractivity contribution in [3.63, 3.8) is 0 Å². The summed E-state index contributed by atoms with van der Waals surface area (Å²) in [6, 6.07) is 8.07. The third kappa shape index (κ3) is 3.97. The van der Waals surface area contributed by atoms with E-state index in [2.05, 4.69) is 5.16 Å². The second-order valence-corrected chi connectivity index (χ2v) is 6.67. The first-order chi connectivity index (χ1) is 15.0. The molecule has 0 bridgehead atoms. The highest BCUT2D eigenvalue weighted by Crippen LogP contribution is 2.39. The number of phenols is 1. The Morgan fingerprint density at radius 3 is 2.61 bits per heavy atom. The third-order valence-electron chi connectivity index (χ3n) is 4.82.